The molecule has 1 fully saturated rings. The lowest BCUT2D eigenvalue weighted by Crippen LogP contribution is -2.44. The van der Waals surface area contributed by atoms with Gasteiger partial charge in [0.15, 0.2) is 0 Å². The summed E-state index contributed by atoms with van der Waals surface area (Å²) in [4.78, 5) is 19.2. The van der Waals surface area contributed by atoms with Gasteiger partial charge in [0.25, 0.3) is 0 Å². The van der Waals surface area contributed by atoms with E-state index in [4.69, 9.17) is 0 Å². The minimum Gasteiger partial charge on any atom is -0.355 e. The third-order valence-corrected chi connectivity index (χ3v) is 4.21. The molecular formula is C14H22N4OS. The van der Waals surface area contributed by atoms with Gasteiger partial charge in [0.2, 0.25) is 5.91 Å². The summed E-state index contributed by atoms with van der Waals surface area (Å²) in [7, 11) is 0. The Morgan fingerprint density at radius 3 is 2.85 bits per heavy atom. The number of hydrogen-bond donors (Lipinski definition) is 2. The Balaban J connectivity index is 1.51. The molecule has 20 heavy (non-hydrogen) atoms. The van der Waals surface area contributed by atoms with Gasteiger partial charge in [0.05, 0.1) is 5.75 Å². The number of nitrogens with zero attached hydrogens (tertiary/aromatic N) is 2. The lowest BCUT2D eigenvalue weighted by Gasteiger charge is -2.27. The van der Waals surface area contributed by atoms with Gasteiger partial charge in [-0.1, -0.05) is 0 Å². The van der Waals surface area contributed by atoms with Crippen molar-refractivity contribution in [3.63, 3.8) is 0 Å². The van der Waals surface area contributed by atoms with E-state index in [1.54, 1.807) is 24.2 Å². The molecule has 1 amide bonds. The van der Waals surface area contributed by atoms with Crippen LogP contribution in [-0.2, 0) is 4.79 Å². The second-order valence-electron chi connectivity index (χ2n) is 4.77. The Morgan fingerprint density at radius 1 is 1.35 bits per heavy atom. The maximum Gasteiger partial charge on any atom is 0.230 e. The average Bonchev–Trinajstić information content (AvgIpc) is 2.52. The first kappa shape index (κ1) is 15.3. The second kappa shape index (κ2) is 8.94. The molecule has 1 aromatic rings. The highest BCUT2D eigenvalue weighted by molar-refractivity contribution is 8.00. The summed E-state index contributed by atoms with van der Waals surface area (Å²) in [5.41, 5.74) is 0. The van der Waals surface area contributed by atoms with Crippen LogP contribution in [0.25, 0.3) is 0 Å². The van der Waals surface area contributed by atoms with Crippen molar-refractivity contribution in [1.82, 2.24) is 20.5 Å². The van der Waals surface area contributed by atoms with Crippen LogP contribution < -0.4 is 10.6 Å². The minimum atomic E-state index is 0.104. The number of hydrogen-bond acceptors (Lipinski definition) is 5. The molecule has 1 aliphatic heterocycles. The summed E-state index contributed by atoms with van der Waals surface area (Å²) in [5.74, 6) is 0.574. The van der Waals surface area contributed by atoms with E-state index in [2.05, 4.69) is 20.5 Å². The van der Waals surface area contributed by atoms with E-state index < -0.39 is 0 Å². The fourth-order valence-electron chi connectivity index (χ4n) is 2.10. The summed E-state index contributed by atoms with van der Waals surface area (Å²) in [6.07, 6.45) is 4.51. The van der Waals surface area contributed by atoms with Crippen LogP contribution in [0.1, 0.15) is 6.42 Å². The predicted octanol–water partition coefficient (Wildman–Crippen LogP) is 0.585. The van der Waals surface area contributed by atoms with Crippen molar-refractivity contribution < 1.29 is 4.79 Å². The fourth-order valence-corrected chi connectivity index (χ4v) is 2.81. The van der Waals surface area contributed by atoms with E-state index in [1.165, 1.54) is 0 Å². The van der Waals surface area contributed by atoms with Gasteiger partial charge in [-0.15, -0.1) is 11.8 Å². The molecule has 2 heterocycles. The normalized spacial score (nSPS) is 16.0. The van der Waals surface area contributed by atoms with Gasteiger partial charge in [-0.25, -0.2) is 0 Å². The molecule has 5 nitrogen and oxygen atoms in total. The van der Waals surface area contributed by atoms with E-state index >= 15 is 0 Å². The topological polar surface area (TPSA) is 57.3 Å². The van der Waals surface area contributed by atoms with Crippen molar-refractivity contribution in [2.45, 2.75) is 11.3 Å². The van der Waals surface area contributed by atoms with Crippen molar-refractivity contribution in [3.8, 4) is 0 Å². The van der Waals surface area contributed by atoms with E-state index in [9.17, 15) is 4.79 Å². The van der Waals surface area contributed by atoms with E-state index in [1.807, 2.05) is 12.1 Å². The number of amides is 1. The van der Waals surface area contributed by atoms with Crippen LogP contribution in [0.3, 0.4) is 0 Å². The zero-order valence-corrected chi connectivity index (χ0v) is 12.5. The van der Waals surface area contributed by atoms with Crippen LogP contribution in [0.4, 0.5) is 0 Å². The largest absolute Gasteiger partial charge is 0.355 e. The van der Waals surface area contributed by atoms with Gasteiger partial charge < -0.3 is 15.5 Å². The van der Waals surface area contributed by atoms with Crippen LogP contribution in [-0.4, -0.2) is 60.8 Å². The van der Waals surface area contributed by atoms with Crippen LogP contribution in [0.2, 0.25) is 0 Å². The van der Waals surface area contributed by atoms with Crippen LogP contribution in [0, 0.1) is 0 Å². The molecule has 0 radical (unpaired) electrons. The maximum atomic E-state index is 11.7. The molecule has 6 heteroatoms. The molecule has 1 aromatic heterocycles. The zero-order valence-electron chi connectivity index (χ0n) is 11.7. The van der Waals surface area contributed by atoms with E-state index in [0.717, 1.165) is 50.6 Å². The van der Waals surface area contributed by atoms with Gasteiger partial charge in [0.1, 0.15) is 0 Å². The first-order valence-electron chi connectivity index (χ1n) is 7.07. The van der Waals surface area contributed by atoms with Gasteiger partial charge in [-0.05, 0) is 25.1 Å². The molecule has 0 aromatic carbocycles. The number of piperazine rings is 1. The van der Waals surface area contributed by atoms with Crippen molar-refractivity contribution in [1.29, 1.82) is 0 Å². The molecule has 2 N–H and O–H groups in total. The molecule has 0 unspecified atom stereocenters. The standard InChI is InChI=1S/C14H22N4OS/c19-14(12-20-13-2-5-15-6-3-13)17-4-1-9-18-10-7-16-8-11-18/h2-3,5-6,16H,1,4,7-12H2,(H,17,19). The molecule has 110 valence electrons. The fraction of sp³-hybridized carbons (Fsp3) is 0.571. The SMILES string of the molecule is O=C(CSc1ccncc1)NCCCN1CCNCC1. The number of pyridine rings is 1. The Morgan fingerprint density at radius 2 is 2.10 bits per heavy atom. The van der Waals surface area contributed by atoms with Gasteiger partial charge >= 0.3 is 0 Å². The summed E-state index contributed by atoms with van der Waals surface area (Å²) in [5, 5.41) is 6.31. The highest BCUT2D eigenvalue weighted by Crippen LogP contribution is 2.15. The number of carbonyl (C=O) groups is 1. The number of nitrogens with one attached hydrogen (secondary N) is 2. The molecule has 2 rings (SSSR count). The van der Waals surface area contributed by atoms with Crippen molar-refractivity contribution >= 4 is 17.7 Å². The monoisotopic (exact) mass is 294 g/mol. The third-order valence-electron chi connectivity index (χ3n) is 3.20. The number of thioether (sulfide) groups is 1. The lowest BCUT2D eigenvalue weighted by molar-refractivity contribution is -0.118. The van der Waals surface area contributed by atoms with Crippen molar-refractivity contribution in [3.05, 3.63) is 24.5 Å². The average molecular weight is 294 g/mol. The first-order chi connectivity index (χ1) is 9.84. The van der Waals surface area contributed by atoms with E-state index in [-0.39, 0.29) is 5.91 Å². The highest BCUT2D eigenvalue weighted by Gasteiger charge is 2.08. The second-order valence-corrected chi connectivity index (χ2v) is 5.82. The molecule has 0 atom stereocenters. The Kier molecular flexibility index (Phi) is 6.83. The molecule has 0 aliphatic carbocycles. The smallest absolute Gasteiger partial charge is 0.230 e. The quantitative estimate of drug-likeness (QED) is 0.569. The summed E-state index contributed by atoms with van der Waals surface area (Å²) >= 11 is 1.54. The third kappa shape index (κ3) is 5.90. The summed E-state index contributed by atoms with van der Waals surface area (Å²) in [6, 6.07) is 3.84. The van der Waals surface area contributed by atoms with Gasteiger partial charge in [-0.3, -0.25) is 9.78 Å². The van der Waals surface area contributed by atoms with E-state index in [0.29, 0.717) is 5.75 Å². The molecule has 0 spiro atoms. The Hall–Kier alpha value is -1.11. The Labute approximate surface area is 124 Å². The lowest BCUT2D eigenvalue weighted by atomic mass is 10.3. The van der Waals surface area contributed by atoms with Crippen molar-refractivity contribution in [2.75, 3.05) is 45.0 Å². The van der Waals surface area contributed by atoms with Crippen LogP contribution >= 0.6 is 11.8 Å². The molecular weight excluding hydrogens is 272 g/mol. The number of rotatable bonds is 7. The van der Waals surface area contributed by atoms with Crippen LogP contribution in [0.15, 0.2) is 29.4 Å². The summed E-state index contributed by atoms with van der Waals surface area (Å²) < 4.78 is 0. The molecule has 1 saturated heterocycles. The number of carbonyl (C=O) groups excluding carboxylic acids is 1. The van der Waals surface area contributed by atoms with Gasteiger partial charge in [0, 0.05) is 50.0 Å². The molecule has 0 saturated carbocycles. The summed E-state index contributed by atoms with van der Waals surface area (Å²) in [6.45, 7) is 6.22. The predicted molar refractivity (Wildman–Crippen MR) is 81.9 cm³/mol. The Bertz CT molecular complexity index is 395. The van der Waals surface area contributed by atoms with Crippen LogP contribution in [0.5, 0.6) is 0 Å². The maximum absolute atomic E-state index is 11.7. The highest BCUT2D eigenvalue weighted by atomic mass is 32.2. The molecule has 1 aliphatic rings. The van der Waals surface area contributed by atoms with Crippen molar-refractivity contribution in [2.24, 2.45) is 0 Å². The van der Waals surface area contributed by atoms with Gasteiger partial charge in [-0.2, -0.15) is 0 Å². The molecule has 0 bridgehead atoms. The first-order valence-corrected chi connectivity index (χ1v) is 8.06. The number of aromatic nitrogens is 1. The minimum absolute atomic E-state index is 0.104. The zero-order chi connectivity index (χ0) is 14.0.